The van der Waals surface area contributed by atoms with Crippen LogP contribution in [0.4, 0.5) is 11.4 Å². The summed E-state index contributed by atoms with van der Waals surface area (Å²) in [7, 11) is 0. The fourth-order valence-electron chi connectivity index (χ4n) is 3.23. The van der Waals surface area contributed by atoms with Crippen molar-refractivity contribution in [2.75, 3.05) is 18.5 Å². The number of carbonyl (C=O) groups is 2. The third-order valence-electron chi connectivity index (χ3n) is 4.90. The average Bonchev–Trinajstić information content (AvgIpc) is 3.19. The summed E-state index contributed by atoms with van der Waals surface area (Å²) in [6.07, 6.45) is 1.77. The van der Waals surface area contributed by atoms with E-state index in [2.05, 4.69) is 15.6 Å². The zero-order valence-corrected chi connectivity index (χ0v) is 20.2. The average molecular weight is 488 g/mol. The van der Waals surface area contributed by atoms with Gasteiger partial charge in [-0.15, -0.1) is 0 Å². The summed E-state index contributed by atoms with van der Waals surface area (Å²) in [6.45, 7) is 4.14. The van der Waals surface area contributed by atoms with Gasteiger partial charge < -0.3 is 20.1 Å². The largest absolute Gasteiger partial charge is 0.490 e. The minimum absolute atomic E-state index is 0.160. The Hall–Kier alpha value is -4.04. The minimum atomic E-state index is -0.274. The van der Waals surface area contributed by atoms with E-state index in [9.17, 15) is 9.59 Å². The van der Waals surface area contributed by atoms with Crippen LogP contribution >= 0.6 is 11.8 Å². The zero-order valence-electron chi connectivity index (χ0n) is 19.4. The van der Waals surface area contributed by atoms with Crippen molar-refractivity contribution in [1.82, 2.24) is 5.32 Å². The number of aryl methyl sites for hydroxylation is 1. The van der Waals surface area contributed by atoms with Gasteiger partial charge in [0.25, 0.3) is 11.8 Å². The first-order chi connectivity index (χ1) is 17.0. The number of thioether (sulfide) groups is 1. The number of carbonyl (C=O) groups excluding carboxylic acids is 2. The lowest BCUT2D eigenvalue weighted by molar-refractivity contribution is -0.118. The highest BCUT2D eigenvalue weighted by Gasteiger charge is 2.24. The molecule has 4 rings (SSSR count). The molecule has 178 valence electrons. The zero-order chi connectivity index (χ0) is 24.6. The van der Waals surface area contributed by atoms with Crippen molar-refractivity contribution >= 4 is 46.2 Å². The van der Waals surface area contributed by atoms with E-state index < -0.39 is 0 Å². The Labute approximate surface area is 208 Å². The topological polar surface area (TPSA) is 89.0 Å². The van der Waals surface area contributed by atoms with E-state index in [0.29, 0.717) is 33.9 Å². The Bertz CT molecular complexity index is 1270. The number of benzene rings is 3. The summed E-state index contributed by atoms with van der Waals surface area (Å²) in [4.78, 5) is 29.7. The molecule has 1 heterocycles. The van der Waals surface area contributed by atoms with Crippen molar-refractivity contribution in [3.63, 3.8) is 0 Å². The lowest BCUT2D eigenvalue weighted by Crippen LogP contribution is -2.20. The molecule has 0 aliphatic carbocycles. The number of amidine groups is 1. The summed E-state index contributed by atoms with van der Waals surface area (Å²) in [6, 6.07) is 22.3. The number of anilines is 1. The monoisotopic (exact) mass is 487 g/mol. The smallest absolute Gasteiger partial charge is 0.264 e. The number of amides is 2. The molecule has 8 heteroatoms. The first kappa shape index (κ1) is 24.1. The molecule has 0 radical (unpaired) electrons. The molecule has 0 spiro atoms. The number of aliphatic imine (C=N–C) groups is 1. The molecule has 7 nitrogen and oxygen atoms in total. The van der Waals surface area contributed by atoms with Crippen LogP contribution in [-0.4, -0.2) is 30.2 Å². The lowest BCUT2D eigenvalue weighted by atomic mass is 10.2. The van der Waals surface area contributed by atoms with Crippen LogP contribution in [0, 0.1) is 6.92 Å². The van der Waals surface area contributed by atoms with Crippen LogP contribution in [0.3, 0.4) is 0 Å². The summed E-state index contributed by atoms with van der Waals surface area (Å²) < 4.78 is 11.4. The van der Waals surface area contributed by atoms with Crippen molar-refractivity contribution in [2.45, 2.75) is 13.8 Å². The van der Waals surface area contributed by atoms with Crippen LogP contribution in [-0.2, 0) is 9.59 Å². The third kappa shape index (κ3) is 6.74. The summed E-state index contributed by atoms with van der Waals surface area (Å²) in [5, 5.41) is 6.10. The minimum Gasteiger partial charge on any atom is -0.490 e. The number of para-hydroxylation sites is 1. The Balaban J connectivity index is 1.44. The SMILES string of the molecule is CCOc1cc(/C=C2\SC(=Nc3ccc(C)cc3)NC2=O)ccc1OCC(=O)Nc1ccccc1. The van der Waals surface area contributed by atoms with E-state index in [-0.39, 0.29) is 18.4 Å². The maximum Gasteiger partial charge on any atom is 0.264 e. The van der Waals surface area contributed by atoms with Gasteiger partial charge in [0.05, 0.1) is 17.2 Å². The fraction of sp³-hybridized carbons (Fsp3) is 0.148. The van der Waals surface area contributed by atoms with Crippen LogP contribution in [0.15, 0.2) is 82.7 Å². The van der Waals surface area contributed by atoms with Crippen LogP contribution in [0.25, 0.3) is 6.08 Å². The van der Waals surface area contributed by atoms with Crippen LogP contribution in [0.2, 0.25) is 0 Å². The molecular formula is C27H25N3O4S. The van der Waals surface area contributed by atoms with Crippen LogP contribution in [0.5, 0.6) is 11.5 Å². The summed E-state index contributed by atoms with van der Waals surface area (Å²) in [5.74, 6) is 0.453. The first-order valence-corrected chi connectivity index (χ1v) is 11.9. The molecule has 0 bridgehead atoms. The van der Waals surface area contributed by atoms with Crippen LogP contribution < -0.4 is 20.1 Å². The Morgan fingerprint density at radius 2 is 1.80 bits per heavy atom. The predicted octanol–water partition coefficient (Wildman–Crippen LogP) is 5.30. The number of nitrogens with zero attached hydrogens (tertiary/aromatic N) is 1. The van der Waals surface area contributed by atoms with Gasteiger partial charge in [0.1, 0.15) is 0 Å². The summed E-state index contributed by atoms with van der Waals surface area (Å²) >= 11 is 1.28. The number of hydrogen-bond donors (Lipinski definition) is 2. The van der Waals surface area contributed by atoms with Crippen molar-refractivity contribution in [3.05, 3.63) is 88.8 Å². The Morgan fingerprint density at radius 3 is 2.54 bits per heavy atom. The quantitative estimate of drug-likeness (QED) is 0.421. The first-order valence-electron chi connectivity index (χ1n) is 11.1. The molecule has 0 saturated carbocycles. The Kier molecular flexibility index (Phi) is 7.84. The molecule has 1 fully saturated rings. The molecule has 35 heavy (non-hydrogen) atoms. The van der Waals surface area contributed by atoms with Gasteiger partial charge in [-0.2, -0.15) is 0 Å². The highest BCUT2D eigenvalue weighted by atomic mass is 32.2. The standard InChI is InChI=1S/C27H25N3O4S/c1-3-33-23-15-19(11-14-22(23)34-17-25(31)28-20-7-5-4-6-8-20)16-24-26(32)30-27(35-24)29-21-12-9-18(2)10-13-21/h4-16H,3,17H2,1-2H3,(H,28,31)(H,29,30,32)/b24-16-. The third-order valence-corrected chi connectivity index (χ3v) is 5.81. The second-order valence-corrected chi connectivity index (χ2v) is 8.69. The molecular weight excluding hydrogens is 462 g/mol. The molecule has 3 aromatic carbocycles. The van der Waals surface area contributed by atoms with Crippen molar-refractivity contribution < 1.29 is 19.1 Å². The molecule has 1 saturated heterocycles. The van der Waals surface area contributed by atoms with Crippen LogP contribution in [0.1, 0.15) is 18.1 Å². The number of rotatable bonds is 8. The maximum absolute atomic E-state index is 12.5. The van der Waals surface area contributed by atoms with Gasteiger partial charge in [0.15, 0.2) is 23.3 Å². The molecule has 0 atom stereocenters. The van der Waals surface area contributed by atoms with E-state index in [1.54, 1.807) is 30.3 Å². The van der Waals surface area contributed by atoms with E-state index in [1.165, 1.54) is 11.8 Å². The fourth-order valence-corrected chi connectivity index (χ4v) is 4.07. The predicted molar refractivity (Wildman–Crippen MR) is 140 cm³/mol. The summed E-state index contributed by atoms with van der Waals surface area (Å²) in [5.41, 5.74) is 3.39. The van der Waals surface area contributed by atoms with Gasteiger partial charge >= 0.3 is 0 Å². The second-order valence-electron chi connectivity index (χ2n) is 7.66. The van der Waals surface area contributed by atoms with E-state index in [1.807, 2.05) is 62.4 Å². The number of ether oxygens (including phenoxy) is 2. The highest BCUT2D eigenvalue weighted by Crippen LogP contribution is 2.32. The van der Waals surface area contributed by atoms with Gasteiger partial charge in [-0.25, -0.2) is 4.99 Å². The van der Waals surface area contributed by atoms with Crippen molar-refractivity contribution in [3.8, 4) is 11.5 Å². The van der Waals surface area contributed by atoms with Gasteiger partial charge in [-0.3, -0.25) is 9.59 Å². The van der Waals surface area contributed by atoms with E-state index in [0.717, 1.165) is 16.8 Å². The highest BCUT2D eigenvalue weighted by molar-refractivity contribution is 8.18. The second kappa shape index (κ2) is 11.4. The molecule has 1 aliphatic heterocycles. The molecule has 0 aromatic heterocycles. The van der Waals surface area contributed by atoms with Crippen molar-refractivity contribution in [2.24, 2.45) is 4.99 Å². The van der Waals surface area contributed by atoms with Gasteiger partial charge in [0, 0.05) is 5.69 Å². The number of nitrogens with one attached hydrogen (secondary N) is 2. The van der Waals surface area contributed by atoms with E-state index in [4.69, 9.17) is 9.47 Å². The normalized spacial score (nSPS) is 15.2. The molecule has 2 N–H and O–H groups in total. The lowest BCUT2D eigenvalue weighted by Gasteiger charge is -2.13. The molecule has 0 unspecified atom stereocenters. The van der Waals surface area contributed by atoms with Gasteiger partial charge in [-0.05, 0) is 73.6 Å². The molecule has 3 aromatic rings. The molecule has 1 aliphatic rings. The molecule has 2 amide bonds. The maximum atomic E-state index is 12.5. The van der Waals surface area contributed by atoms with E-state index >= 15 is 0 Å². The van der Waals surface area contributed by atoms with Crippen molar-refractivity contribution in [1.29, 1.82) is 0 Å². The van der Waals surface area contributed by atoms with Gasteiger partial charge in [-0.1, -0.05) is 42.0 Å². The number of hydrogen-bond acceptors (Lipinski definition) is 6. The van der Waals surface area contributed by atoms with Gasteiger partial charge in [0.2, 0.25) is 0 Å². The Morgan fingerprint density at radius 1 is 1.03 bits per heavy atom.